The summed E-state index contributed by atoms with van der Waals surface area (Å²) in [6.45, 7) is 1.48. The van der Waals surface area contributed by atoms with E-state index in [0.717, 1.165) is 39.5 Å². The fraction of sp³-hybridized carbons (Fsp3) is 0.241. The number of para-hydroxylation sites is 2. The number of methoxy groups -OCH3 is 2. The lowest BCUT2D eigenvalue weighted by Crippen LogP contribution is -2.26. The Labute approximate surface area is 210 Å². The van der Waals surface area contributed by atoms with Crippen molar-refractivity contribution in [2.24, 2.45) is 0 Å². The summed E-state index contributed by atoms with van der Waals surface area (Å²) in [4.78, 5) is 25.2. The SMILES string of the molecule is COc1ccc([C@H]2CC(=O)C3=C(C2)Nc2ccccc2N[C@H]3c2ccc(NC(C)=O)cc2)cc1OC. The fourth-order valence-corrected chi connectivity index (χ4v) is 5.05. The van der Waals surface area contributed by atoms with Gasteiger partial charge in [0, 0.05) is 30.3 Å². The van der Waals surface area contributed by atoms with Gasteiger partial charge in [-0.1, -0.05) is 30.3 Å². The Bertz CT molecular complexity index is 1350. The third-order valence-corrected chi connectivity index (χ3v) is 6.75. The maximum Gasteiger partial charge on any atom is 0.221 e. The van der Waals surface area contributed by atoms with E-state index in [-0.39, 0.29) is 23.7 Å². The van der Waals surface area contributed by atoms with E-state index in [2.05, 4.69) is 16.0 Å². The summed E-state index contributed by atoms with van der Waals surface area (Å²) < 4.78 is 10.9. The lowest BCUT2D eigenvalue weighted by atomic mass is 9.78. The zero-order valence-electron chi connectivity index (χ0n) is 20.6. The van der Waals surface area contributed by atoms with Crippen LogP contribution >= 0.6 is 0 Å². The average Bonchev–Trinajstić information content (AvgIpc) is 3.05. The fourth-order valence-electron chi connectivity index (χ4n) is 5.05. The summed E-state index contributed by atoms with van der Waals surface area (Å²) in [7, 11) is 3.23. The predicted octanol–water partition coefficient (Wildman–Crippen LogP) is 5.64. The van der Waals surface area contributed by atoms with Crippen molar-refractivity contribution in [3.05, 3.63) is 89.1 Å². The highest BCUT2D eigenvalue weighted by molar-refractivity contribution is 6.01. The molecule has 7 heteroatoms. The molecule has 0 unspecified atom stereocenters. The van der Waals surface area contributed by atoms with Gasteiger partial charge in [0.1, 0.15) is 0 Å². The van der Waals surface area contributed by atoms with Gasteiger partial charge in [0.2, 0.25) is 5.91 Å². The molecule has 5 rings (SSSR count). The smallest absolute Gasteiger partial charge is 0.221 e. The first-order chi connectivity index (χ1) is 17.5. The van der Waals surface area contributed by atoms with Gasteiger partial charge in [-0.2, -0.15) is 0 Å². The molecule has 0 fully saturated rings. The van der Waals surface area contributed by atoms with Gasteiger partial charge in [-0.3, -0.25) is 9.59 Å². The summed E-state index contributed by atoms with van der Waals surface area (Å²) in [5.41, 5.74) is 6.23. The third kappa shape index (κ3) is 4.52. The molecule has 0 aromatic heterocycles. The van der Waals surface area contributed by atoms with E-state index >= 15 is 0 Å². The van der Waals surface area contributed by atoms with Gasteiger partial charge >= 0.3 is 0 Å². The zero-order valence-corrected chi connectivity index (χ0v) is 20.6. The van der Waals surface area contributed by atoms with Crippen LogP contribution in [0.4, 0.5) is 17.1 Å². The molecule has 3 aromatic carbocycles. The van der Waals surface area contributed by atoms with Gasteiger partial charge in [-0.25, -0.2) is 0 Å². The number of Topliss-reactive ketones (excluding diaryl/α,β-unsaturated/α-hetero) is 1. The molecule has 3 N–H and O–H groups in total. The van der Waals surface area contributed by atoms with Crippen LogP contribution in [0, 0.1) is 0 Å². The largest absolute Gasteiger partial charge is 0.493 e. The van der Waals surface area contributed by atoms with Crippen molar-refractivity contribution in [3.8, 4) is 11.5 Å². The quantitative estimate of drug-likeness (QED) is 0.435. The molecule has 0 spiro atoms. The second kappa shape index (κ2) is 9.77. The van der Waals surface area contributed by atoms with Crippen LogP contribution in [0.1, 0.15) is 42.9 Å². The number of benzene rings is 3. The summed E-state index contributed by atoms with van der Waals surface area (Å²) in [5.74, 6) is 1.30. The molecule has 0 saturated heterocycles. The number of ether oxygens (including phenoxy) is 2. The van der Waals surface area contributed by atoms with E-state index in [1.54, 1.807) is 14.2 Å². The highest BCUT2D eigenvalue weighted by Gasteiger charge is 2.36. The van der Waals surface area contributed by atoms with E-state index in [1.807, 2.05) is 66.7 Å². The summed E-state index contributed by atoms with van der Waals surface area (Å²) in [6.07, 6.45) is 1.08. The molecule has 184 valence electrons. The molecule has 7 nitrogen and oxygen atoms in total. The Kier molecular flexibility index (Phi) is 6.38. The van der Waals surface area contributed by atoms with Crippen LogP contribution in [-0.4, -0.2) is 25.9 Å². The minimum Gasteiger partial charge on any atom is -0.493 e. The average molecular weight is 484 g/mol. The van der Waals surface area contributed by atoms with E-state index in [4.69, 9.17) is 9.47 Å². The molecule has 0 radical (unpaired) electrons. The number of nitrogens with one attached hydrogen (secondary N) is 3. The Morgan fingerprint density at radius 1 is 0.889 bits per heavy atom. The first-order valence-corrected chi connectivity index (χ1v) is 11.9. The van der Waals surface area contributed by atoms with Crippen LogP contribution < -0.4 is 25.4 Å². The normalized spacial score (nSPS) is 18.7. The molecule has 1 amide bonds. The van der Waals surface area contributed by atoms with Crippen molar-refractivity contribution in [1.82, 2.24) is 0 Å². The Morgan fingerprint density at radius 2 is 1.58 bits per heavy atom. The molecule has 0 saturated carbocycles. The minimum absolute atomic E-state index is 0.0108. The van der Waals surface area contributed by atoms with Gasteiger partial charge < -0.3 is 25.4 Å². The molecular formula is C29H29N3O4. The maximum absolute atomic E-state index is 13.7. The zero-order chi connectivity index (χ0) is 25.2. The number of hydrogen-bond donors (Lipinski definition) is 3. The van der Waals surface area contributed by atoms with Crippen LogP contribution in [0.2, 0.25) is 0 Å². The van der Waals surface area contributed by atoms with E-state index < -0.39 is 0 Å². The first-order valence-electron chi connectivity index (χ1n) is 11.9. The highest BCUT2D eigenvalue weighted by Crippen LogP contribution is 2.45. The molecule has 1 heterocycles. The first kappa shape index (κ1) is 23.5. The molecule has 2 atom stereocenters. The number of carbonyl (C=O) groups is 2. The van der Waals surface area contributed by atoms with E-state index in [1.165, 1.54) is 6.92 Å². The number of fused-ring (bicyclic) bond motifs is 1. The maximum atomic E-state index is 13.7. The van der Waals surface area contributed by atoms with Crippen LogP contribution in [-0.2, 0) is 9.59 Å². The number of anilines is 3. The van der Waals surface area contributed by atoms with Gasteiger partial charge in [-0.05, 0) is 59.9 Å². The van der Waals surface area contributed by atoms with E-state index in [0.29, 0.717) is 24.3 Å². The van der Waals surface area contributed by atoms with Crippen molar-refractivity contribution >= 4 is 28.8 Å². The number of ketones is 1. The number of amides is 1. The molecule has 36 heavy (non-hydrogen) atoms. The molecule has 2 aliphatic rings. The van der Waals surface area contributed by atoms with Crippen molar-refractivity contribution < 1.29 is 19.1 Å². The number of hydrogen-bond acceptors (Lipinski definition) is 6. The van der Waals surface area contributed by atoms with Gasteiger partial charge in [0.25, 0.3) is 0 Å². The Balaban J connectivity index is 1.54. The van der Waals surface area contributed by atoms with Gasteiger partial charge in [0.15, 0.2) is 17.3 Å². The summed E-state index contributed by atoms with van der Waals surface area (Å²) in [6, 6.07) is 21.1. The lowest BCUT2D eigenvalue weighted by Gasteiger charge is -2.30. The predicted molar refractivity (Wildman–Crippen MR) is 141 cm³/mol. The second-order valence-electron chi connectivity index (χ2n) is 9.09. The number of carbonyl (C=O) groups excluding carboxylic acids is 2. The minimum atomic E-state index is -0.318. The topological polar surface area (TPSA) is 88.7 Å². The highest BCUT2D eigenvalue weighted by atomic mass is 16.5. The summed E-state index contributed by atoms with van der Waals surface area (Å²) >= 11 is 0. The van der Waals surface area contributed by atoms with Crippen molar-refractivity contribution in [1.29, 1.82) is 0 Å². The molecule has 3 aromatic rings. The Hall–Kier alpha value is -4.26. The second-order valence-corrected chi connectivity index (χ2v) is 9.09. The van der Waals surface area contributed by atoms with Crippen LogP contribution in [0.3, 0.4) is 0 Å². The van der Waals surface area contributed by atoms with Crippen molar-refractivity contribution in [2.75, 3.05) is 30.2 Å². The summed E-state index contributed by atoms with van der Waals surface area (Å²) in [5, 5.41) is 9.95. The third-order valence-electron chi connectivity index (χ3n) is 6.75. The van der Waals surface area contributed by atoms with Crippen molar-refractivity contribution in [3.63, 3.8) is 0 Å². The molecule has 1 aliphatic carbocycles. The van der Waals surface area contributed by atoms with Gasteiger partial charge in [-0.15, -0.1) is 0 Å². The molecule has 1 aliphatic heterocycles. The molecular weight excluding hydrogens is 454 g/mol. The van der Waals surface area contributed by atoms with Crippen LogP contribution in [0.25, 0.3) is 0 Å². The molecule has 0 bridgehead atoms. The van der Waals surface area contributed by atoms with E-state index in [9.17, 15) is 9.59 Å². The number of rotatable bonds is 5. The Morgan fingerprint density at radius 3 is 2.28 bits per heavy atom. The van der Waals surface area contributed by atoms with Gasteiger partial charge in [0.05, 0.1) is 31.6 Å². The monoisotopic (exact) mass is 483 g/mol. The lowest BCUT2D eigenvalue weighted by molar-refractivity contribution is -0.116. The standard InChI is InChI=1S/C29H29N3O4/c1-17(33)30-21-11-8-18(9-12-21)29-28-24(31-22-6-4-5-7-23(22)32-29)14-20(15-25(28)34)19-10-13-26(35-2)27(16-19)36-3/h4-13,16,20,29,31-32H,14-15H2,1-3H3,(H,30,33)/t20-,29+/m1/s1. The number of allylic oxidation sites excluding steroid dienone is 1. The van der Waals surface area contributed by atoms with Crippen LogP contribution in [0.5, 0.6) is 11.5 Å². The van der Waals surface area contributed by atoms with Crippen LogP contribution in [0.15, 0.2) is 78.0 Å². The van der Waals surface area contributed by atoms with Crippen molar-refractivity contribution in [2.45, 2.75) is 31.7 Å².